The number of carbonyl (C=O) groups is 1. The van der Waals surface area contributed by atoms with Crippen LogP contribution in [0.4, 0.5) is 5.69 Å². The number of ketones is 1. The van der Waals surface area contributed by atoms with E-state index in [1.54, 1.807) is 0 Å². The SMILES string of the molecule is C#CCOc1cc([N+](=O)[O-])c(C(C)=O)cc1OC. The molecule has 0 aromatic heterocycles. The van der Waals surface area contributed by atoms with Crippen LogP contribution in [-0.4, -0.2) is 24.4 Å². The molecule has 1 aromatic rings. The Kier molecular flexibility index (Phi) is 4.27. The molecule has 0 saturated carbocycles. The molecule has 0 aliphatic carbocycles. The Labute approximate surface area is 104 Å². The Hall–Kier alpha value is -2.55. The number of nitrogens with zero attached hydrogens (tertiary/aromatic N) is 1. The molecule has 1 rings (SSSR count). The predicted molar refractivity (Wildman–Crippen MR) is 64.0 cm³/mol. The Balaban J connectivity index is 3.37. The highest BCUT2D eigenvalue weighted by molar-refractivity contribution is 5.98. The van der Waals surface area contributed by atoms with E-state index in [4.69, 9.17) is 15.9 Å². The number of nitro benzene ring substituents is 1. The van der Waals surface area contributed by atoms with Gasteiger partial charge in [0.15, 0.2) is 17.3 Å². The molecule has 0 spiro atoms. The van der Waals surface area contributed by atoms with Crippen LogP contribution in [-0.2, 0) is 0 Å². The summed E-state index contributed by atoms with van der Waals surface area (Å²) < 4.78 is 10.1. The molecule has 6 heteroatoms. The fraction of sp³-hybridized carbons (Fsp3) is 0.250. The number of hydrogen-bond acceptors (Lipinski definition) is 5. The summed E-state index contributed by atoms with van der Waals surface area (Å²) >= 11 is 0. The third kappa shape index (κ3) is 2.77. The lowest BCUT2D eigenvalue weighted by Crippen LogP contribution is -2.04. The number of benzene rings is 1. The van der Waals surface area contributed by atoms with Crippen molar-refractivity contribution in [2.24, 2.45) is 0 Å². The number of ether oxygens (including phenoxy) is 2. The average Bonchev–Trinajstić information content (AvgIpc) is 2.34. The molecule has 0 amide bonds. The fourth-order valence-electron chi connectivity index (χ4n) is 1.37. The van der Waals surface area contributed by atoms with Crippen molar-refractivity contribution in [1.29, 1.82) is 0 Å². The number of Topliss-reactive ketones (excluding diaryl/α,β-unsaturated/α-hetero) is 1. The van der Waals surface area contributed by atoms with Gasteiger partial charge in [0, 0.05) is 6.07 Å². The molecule has 0 aliphatic heterocycles. The van der Waals surface area contributed by atoms with E-state index in [2.05, 4.69) is 5.92 Å². The second-order valence-corrected chi connectivity index (χ2v) is 3.33. The van der Waals surface area contributed by atoms with Gasteiger partial charge in [0.05, 0.1) is 23.7 Å². The molecule has 0 aliphatic rings. The van der Waals surface area contributed by atoms with Gasteiger partial charge in [-0.2, -0.15) is 0 Å². The topological polar surface area (TPSA) is 78.7 Å². The van der Waals surface area contributed by atoms with Crippen molar-refractivity contribution in [3.63, 3.8) is 0 Å². The van der Waals surface area contributed by atoms with E-state index in [-0.39, 0.29) is 29.4 Å². The van der Waals surface area contributed by atoms with Crippen molar-refractivity contribution in [2.75, 3.05) is 13.7 Å². The minimum atomic E-state index is -0.654. The molecule has 0 heterocycles. The first-order valence-electron chi connectivity index (χ1n) is 4.94. The fourth-order valence-corrected chi connectivity index (χ4v) is 1.37. The van der Waals surface area contributed by atoms with Crippen LogP contribution in [0.5, 0.6) is 11.5 Å². The lowest BCUT2D eigenvalue weighted by Gasteiger charge is -2.10. The van der Waals surface area contributed by atoms with Crippen LogP contribution in [0.3, 0.4) is 0 Å². The lowest BCUT2D eigenvalue weighted by atomic mass is 10.1. The van der Waals surface area contributed by atoms with Crippen LogP contribution >= 0.6 is 0 Å². The van der Waals surface area contributed by atoms with E-state index in [1.807, 2.05) is 0 Å². The first kappa shape index (κ1) is 13.5. The van der Waals surface area contributed by atoms with E-state index in [0.717, 1.165) is 6.07 Å². The summed E-state index contributed by atoms with van der Waals surface area (Å²) in [4.78, 5) is 21.5. The van der Waals surface area contributed by atoms with E-state index < -0.39 is 10.7 Å². The maximum absolute atomic E-state index is 11.3. The molecule has 0 atom stereocenters. The van der Waals surface area contributed by atoms with Gasteiger partial charge < -0.3 is 9.47 Å². The van der Waals surface area contributed by atoms with Crippen molar-refractivity contribution >= 4 is 11.5 Å². The standard InChI is InChI=1S/C12H11NO5/c1-4-5-18-12-7-10(13(15)16)9(8(2)14)6-11(12)17-3/h1,6-7H,5H2,2-3H3. The van der Waals surface area contributed by atoms with E-state index in [1.165, 1.54) is 20.1 Å². The summed E-state index contributed by atoms with van der Waals surface area (Å²) in [6.07, 6.45) is 5.04. The van der Waals surface area contributed by atoms with Crippen LogP contribution in [0.25, 0.3) is 0 Å². The summed E-state index contributed by atoms with van der Waals surface area (Å²) in [5, 5.41) is 10.9. The first-order valence-corrected chi connectivity index (χ1v) is 4.94. The van der Waals surface area contributed by atoms with Crippen molar-refractivity contribution in [2.45, 2.75) is 6.92 Å². The summed E-state index contributed by atoms with van der Waals surface area (Å²) in [5.74, 6) is 2.17. The van der Waals surface area contributed by atoms with Gasteiger partial charge in [0.1, 0.15) is 6.61 Å². The Morgan fingerprint density at radius 2 is 2.17 bits per heavy atom. The normalized spacial score (nSPS) is 9.39. The molecule has 18 heavy (non-hydrogen) atoms. The van der Waals surface area contributed by atoms with Crippen molar-refractivity contribution in [1.82, 2.24) is 0 Å². The van der Waals surface area contributed by atoms with Crippen LogP contribution in [0.1, 0.15) is 17.3 Å². The van der Waals surface area contributed by atoms with Gasteiger partial charge in [-0.25, -0.2) is 0 Å². The maximum Gasteiger partial charge on any atom is 0.284 e. The summed E-state index contributed by atoms with van der Waals surface area (Å²) in [7, 11) is 1.37. The quantitative estimate of drug-likeness (QED) is 0.344. The summed E-state index contributed by atoms with van der Waals surface area (Å²) in [6, 6.07) is 2.40. The van der Waals surface area contributed by atoms with E-state index in [0.29, 0.717) is 0 Å². The smallest absolute Gasteiger partial charge is 0.284 e. The summed E-state index contributed by atoms with van der Waals surface area (Å²) in [5.41, 5.74) is -0.375. The van der Waals surface area contributed by atoms with Crippen LogP contribution in [0.15, 0.2) is 12.1 Å². The molecule has 0 radical (unpaired) electrons. The van der Waals surface area contributed by atoms with Crippen LogP contribution < -0.4 is 9.47 Å². The monoisotopic (exact) mass is 249 g/mol. The van der Waals surface area contributed by atoms with Crippen molar-refractivity contribution < 1.29 is 19.2 Å². The van der Waals surface area contributed by atoms with Gasteiger partial charge in [-0.3, -0.25) is 14.9 Å². The zero-order chi connectivity index (χ0) is 13.7. The Morgan fingerprint density at radius 1 is 1.50 bits per heavy atom. The molecule has 1 aromatic carbocycles. The second kappa shape index (κ2) is 5.68. The molecule has 94 valence electrons. The van der Waals surface area contributed by atoms with E-state index >= 15 is 0 Å². The molecule has 0 fully saturated rings. The number of hydrogen-bond donors (Lipinski definition) is 0. The third-order valence-electron chi connectivity index (χ3n) is 2.17. The first-order chi connectivity index (χ1) is 8.51. The molecule has 0 unspecified atom stereocenters. The molecule has 0 saturated heterocycles. The van der Waals surface area contributed by atoms with Crippen LogP contribution in [0, 0.1) is 22.5 Å². The molecular weight excluding hydrogens is 238 g/mol. The number of carbonyl (C=O) groups excluding carboxylic acids is 1. The molecule has 0 bridgehead atoms. The van der Waals surface area contributed by atoms with Gasteiger partial charge in [-0.15, -0.1) is 6.42 Å². The number of rotatable bonds is 5. The second-order valence-electron chi connectivity index (χ2n) is 3.33. The van der Waals surface area contributed by atoms with Crippen molar-refractivity contribution in [3.05, 3.63) is 27.8 Å². The Bertz CT molecular complexity index is 530. The molecular formula is C12H11NO5. The highest BCUT2D eigenvalue weighted by Crippen LogP contribution is 2.34. The van der Waals surface area contributed by atoms with Crippen molar-refractivity contribution in [3.8, 4) is 23.8 Å². The predicted octanol–water partition coefficient (Wildman–Crippen LogP) is 1.82. The maximum atomic E-state index is 11.3. The number of terminal acetylenes is 1. The molecule has 0 N–H and O–H groups in total. The lowest BCUT2D eigenvalue weighted by molar-refractivity contribution is -0.385. The highest BCUT2D eigenvalue weighted by atomic mass is 16.6. The number of nitro groups is 1. The minimum Gasteiger partial charge on any atom is -0.493 e. The zero-order valence-electron chi connectivity index (χ0n) is 9.93. The Morgan fingerprint density at radius 3 is 2.61 bits per heavy atom. The van der Waals surface area contributed by atoms with Gasteiger partial charge >= 0.3 is 0 Å². The van der Waals surface area contributed by atoms with E-state index in [9.17, 15) is 14.9 Å². The third-order valence-corrected chi connectivity index (χ3v) is 2.17. The molecule has 6 nitrogen and oxygen atoms in total. The zero-order valence-corrected chi connectivity index (χ0v) is 9.93. The van der Waals surface area contributed by atoms with Crippen LogP contribution in [0.2, 0.25) is 0 Å². The van der Waals surface area contributed by atoms with Gasteiger partial charge in [-0.05, 0) is 6.92 Å². The highest BCUT2D eigenvalue weighted by Gasteiger charge is 2.22. The minimum absolute atomic E-state index is 0.0371. The van der Waals surface area contributed by atoms with Gasteiger partial charge in [-0.1, -0.05) is 5.92 Å². The summed E-state index contributed by atoms with van der Waals surface area (Å²) in [6.45, 7) is 1.19. The largest absolute Gasteiger partial charge is 0.493 e. The van der Waals surface area contributed by atoms with Gasteiger partial charge in [0.2, 0.25) is 0 Å². The van der Waals surface area contributed by atoms with Gasteiger partial charge in [0.25, 0.3) is 5.69 Å². The average molecular weight is 249 g/mol. The number of methoxy groups -OCH3 is 1.